The Balaban J connectivity index is 1.47. The average molecular weight is 439 g/mol. The molecule has 3 aromatic rings. The van der Waals surface area contributed by atoms with Crippen molar-refractivity contribution in [3.05, 3.63) is 88.1 Å². The average Bonchev–Trinajstić information content (AvgIpc) is 2.79. The summed E-state index contributed by atoms with van der Waals surface area (Å²) in [5.74, 6) is 0.0662. The number of pyridine rings is 2. The number of aromatic nitrogens is 2. The van der Waals surface area contributed by atoms with Crippen molar-refractivity contribution in [1.29, 1.82) is 0 Å². The molecule has 0 N–H and O–H groups in total. The summed E-state index contributed by atoms with van der Waals surface area (Å²) in [5, 5.41) is 0. The van der Waals surface area contributed by atoms with Crippen molar-refractivity contribution >= 4 is 5.91 Å². The lowest BCUT2D eigenvalue weighted by Gasteiger charge is -2.43. The van der Waals surface area contributed by atoms with Gasteiger partial charge in [-0.2, -0.15) is 13.2 Å². The number of nitrogens with zero attached hydrogens (tertiary/aromatic N) is 3. The number of halogens is 3. The molecule has 1 fully saturated rings. The van der Waals surface area contributed by atoms with Crippen LogP contribution >= 0.6 is 0 Å². The molecule has 0 radical (unpaired) electrons. The van der Waals surface area contributed by atoms with Crippen molar-refractivity contribution < 1.29 is 18.0 Å². The number of likely N-dealkylation sites (tertiary alicyclic amines) is 1. The normalized spacial score (nSPS) is 20.0. The minimum absolute atomic E-state index is 0.0107. The summed E-state index contributed by atoms with van der Waals surface area (Å²) >= 11 is 0. The Kier molecular flexibility index (Phi) is 4.87. The molecule has 1 amide bonds. The van der Waals surface area contributed by atoms with Gasteiger partial charge < -0.3 is 9.47 Å². The first-order chi connectivity index (χ1) is 15.3. The lowest BCUT2D eigenvalue weighted by Crippen LogP contribution is -2.49. The van der Waals surface area contributed by atoms with Gasteiger partial charge in [0, 0.05) is 54.8 Å². The summed E-state index contributed by atoms with van der Waals surface area (Å²) in [6.45, 7) is 1.48. The highest BCUT2D eigenvalue weighted by atomic mass is 19.4. The van der Waals surface area contributed by atoms with Gasteiger partial charge in [-0.05, 0) is 54.3 Å². The van der Waals surface area contributed by atoms with E-state index in [1.165, 1.54) is 12.1 Å². The molecule has 2 aliphatic rings. The molecular weight excluding hydrogens is 419 g/mol. The molecule has 2 aliphatic heterocycles. The van der Waals surface area contributed by atoms with Gasteiger partial charge in [0.05, 0.1) is 5.56 Å². The molecule has 0 spiro atoms. The molecule has 0 saturated carbocycles. The van der Waals surface area contributed by atoms with E-state index in [4.69, 9.17) is 0 Å². The number of alkyl halides is 3. The molecule has 32 heavy (non-hydrogen) atoms. The van der Waals surface area contributed by atoms with Crippen LogP contribution < -0.4 is 5.56 Å². The number of carbonyl (C=O) groups is 1. The summed E-state index contributed by atoms with van der Waals surface area (Å²) in [5.41, 5.74) is 0.853. The van der Waals surface area contributed by atoms with Crippen LogP contribution in [0, 0.1) is 5.92 Å². The second-order valence-electron chi connectivity index (χ2n) is 8.41. The second-order valence-corrected chi connectivity index (χ2v) is 8.41. The highest BCUT2D eigenvalue weighted by molar-refractivity contribution is 5.94. The summed E-state index contributed by atoms with van der Waals surface area (Å²) < 4.78 is 41.0. The molecule has 2 atom stereocenters. The van der Waals surface area contributed by atoms with Crippen LogP contribution in [0.15, 0.2) is 65.7 Å². The molecule has 5 nitrogen and oxygen atoms in total. The predicted molar refractivity (Wildman–Crippen MR) is 112 cm³/mol. The van der Waals surface area contributed by atoms with Crippen molar-refractivity contribution in [1.82, 2.24) is 14.5 Å². The lowest BCUT2D eigenvalue weighted by atomic mass is 9.82. The summed E-state index contributed by atoms with van der Waals surface area (Å²) in [4.78, 5) is 31.9. The van der Waals surface area contributed by atoms with Crippen LogP contribution in [-0.2, 0) is 12.7 Å². The molecule has 2 bridgehead atoms. The zero-order valence-electron chi connectivity index (χ0n) is 17.0. The zero-order chi connectivity index (χ0) is 22.5. The van der Waals surface area contributed by atoms with E-state index in [1.54, 1.807) is 35.2 Å². The Morgan fingerprint density at radius 1 is 1.00 bits per heavy atom. The Hall–Kier alpha value is -3.42. The summed E-state index contributed by atoms with van der Waals surface area (Å²) in [6.07, 6.45) is -0.422. The van der Waals surface area contributed by atoms with Crippen LogP contribution in [0.3, 0.4) is 0 Å². The quantitative estimate of drug-likeness (QED) is 0.602. The van der Waals surface area contributed by atoms with Gasteiger partial charge in [-0.1, -0.05) is 12.1 Å². The van der Waals surface area contributed by atoms with Crippen molar-refractivity contribution in [3.8, 4) is 11.1 Å². The van der Waals surface area contributed by atoms with E-state index < -0.39 is 11.7 Å². The van der Waals surface area contributed by atoms with E-state index in [9.17, 15) is 22.8 Å². The standard InChI is InChI=1S/C24H20F3N3O2/c25-24(26,27)19-3-1-2-17(11-19)20-4-5-21-18-10-15(13-30(21)23(20)32)12-29(14-18)22(31)16-6-8-28-9-7-16/h1-9,11,15,18H,10,12-14H2/t15-,18-/m1/s1. The highest BCUT2D eigenvalue weighted by Crippen LogP contribution is 2.37. The first kappa shape index (κ1) is 20.5. The van der Waals surface area contributed by atoms with Gasteiger partial charge in [0.2, 0.25) is 0 Å². The van der Waals surface area contributed by atoms with Crippen LogP contribution in [0.4, 0.5) is 13.2 Å². The molecule has 2 aromatic heterocycles. The van der Waals surface area contributed by atoms with Crippen LogP contribution in [0.5, 0.6) is 0 Å². The van der Waals surface area contributed by atoms with E-state index in [-0.39, 0.29) is 34.4 Å². The fraction of sp³-hybridized carbons (Fsp3) is 0.292. The smallest absolute Gasteiger partial charge is 0.338 e. The van der Waals surface area contributed by atoms with Crippen LogP contribution in [-0.4, -0.2) is 33.4 Å². The van der Waals surface area contributed by atoms with Crippen molar-refractivity contribution in [2.24, 2.45) is 5.92 Å². The number of fused-ring (bicyclic) bond motifs is 4. The fourth-order valence-corrected chi connectivity index (χ4v) is 4.87. The topological polar surface area (TPSA) is 55.2 Å². The third kappa shape index (κ3) is 3.59. The van der Waals surface area contributed by atoms with Crippen LogP contribution in [0.25, 0.3) is 11.1 Å². The maximum absolute atomic E-state index is 13.2. The number of hydrogen-bond donors (Lipinski definition) is 0. The molecule has 5 rings (SSSR count). The molecule has 4 heterocycles. The number of piperidine rings is 1. The Bertz CT molecular complexity index is 1240. The number of rotatable bonds is 2. The molecule has 8 heteroatoms. The zero-order valence-corrected chi connectivity index (χ0v) is 17.0. The van der Waals surface area contributed by atoms with Gasteiger partial charge in [-0.3, -0.25) is 14.6 Å². The van der Waals surface area contributed by atoms with Gasteiger partial charge in [-0.15, -0.1) is 0 Å². The Morgan fingerprint density at radius 3 is 2.53 bits per heavy atom. The second kappa shape index (κ2) is 7.62. The maximum atomic E-state index is 13.2. The van der Waals surface area contributed by atoms with Gasteiger partial charge in [0.25, 0.3) is 11.5 Å². The van der Waals surface area contributed by atoms with E-state index >= 15 is 0 Å². The summed E-state index contributed by atoms with van der Waals surface area (Å²) in [6, 6.07) is 11.7. The molecular formula is C24H20F3N3O2. The Labute approximate surface area is 182 Å². The molecule has 0 unspecified atom stereocenters. The third-order valence-electron chi connectivity index (χ3n) is 6.32. The molecule has 164 valence electrons. The Morgan fingerprint density at radius 2 is 1.78 bits per heavy atom. The van der Waals surface area contributed by atoms with E-state index in [0.717, 1.165) is 24.2 Å². The first-order valence-electron chi connectivity index (χ1n) is 10.4. The number of amides is 1. The van der Waals surface area contributed by atoms with E-state index in [0.29, 0.717) is 25.2 Å². The van der Waals surface area contributed by atoms with Crippen molar-refractivity contribution in [2.75, 3.05) is 13.1 Å². The van der Waals surface area contributed by atoms with E-state index in [2.05, 4.69) is 4.98 Å². The monoisotopic (exact) mass is 439 g/mol. The predicted octanol–water partition coefficient (Wildman–Crippen LogP) is 4.19. The van der Waals surface area contributed by atoms with Gasteiger partial charge >= 0.3 is 6.18 Å². The highest BCUT2D eigenvalue weighted by Gasteiger charge is 2.37. The van der Waals surface area contributed by atoms with Crippen LogP contribution in [0.2, 0.25) is 0 Å². The van der Waals surface area contributed by atoms with E-state index in [1.807, 2.05) is 11.0 Å². The van der Waals surface area contributed by atoms with Gasteiger partial charge in [-0.25, -0.2) is 0 Å². The number of benzene rings is 1. The van der Waals surface area contributed by atoms with Crippen LogP contribution in [0.1, 0.15) is 34.0 Å². The minimum Gasteiger partial charge on any atom is -0.338 e. The number of hydrogen-bond acceptors (Lipinski definition) is 3. The number of carbonyl (C=O) groups excluding carboxylic acids is 1. The largest absolute Gasteiger partial charge is 0.416 e. The minimum atomic E-state index is -4.47. The maximum Gasteiger partial charge on any atom is 0.416 e. The SMILES string of the molecule is O=C(c1ccncc1)N1C[C@H]2C[C@H](C1)c1ccc(-c3cccc(C(F)(F)F)c3)c(=O)n1C2. The molecule has 1 saturated heterocycles. The lowest BCUT2D eigenvalue weighted by molar-refractivity contribution is -0.137. The fourth-order valence-electron chi connectivity index (χ4n) is 4.87. The first-order valence-corrected chi connectivity index (χ1v) is 10.4. The third-order valence-corrected chi connectivity index (χ3v) is 6.32. The van der Waals surface area contributed by atoms with Crippen molar-refractivity contribution in [3.63, 3.8) is 0 Å². The molecule has 1 aromatic carbocycles. The van der Waals surface area contributed by atoms with Crippen molar-refractivity contribution in [2.45, 2.75) is 25.1 Å². The van der Waals surface area contributed by atoms with Gasteiger partial charge in [0.1, 0.15) is 0 Å². The van der Waals surface area contributed by atoms with Gasteiger partial charge in [0.15, 0.2) is 0 Å². The molecule has 0 aliphatic carbocycles. The summed E-state index contributed by atoms with van der Waals surface area (Å²) in [7, 11) is 0.